The molecule has 0 heterocycles. The van der Waals surface area contributed by atoms with E-state index in [1.165, 1.54) is 11.1 Å². The fraction of sp³-hybridized carbons (Fsp3) is 0.385. The Morgan fingerprint density at radius 3 is 2.64 bits per heavy atom. The van der Waals surface area contributed by atoms with Crippen molar-refractivity contribution in [2.75, 3.05) is 6.61 Å². The maximum Gasteiger partial charge on any atom is 0.0647 e. The first-order valence-electron chi connectivity index (χ1n) is 5.01. The second-order valence-corrected chi connectivity index (χ2v) is 3.95. The van der Waals surface area contributed by atoms with Gasteiger partial charge in [-0.05, 0) is 24.0 Å². The van der Waals surface area contributed by atoms with E-state index in [1.54, 1.807) is 0 Å². The fourth-order valence-corrected chi connectivity index (χ4v) is 1.37. The highest BCUT2D eigenvalue weighted by molar-refractivity contribution is 5.54. The molecule has 0 saturated carbocycles. The lowest BCUT2D eigenvalue weighted by atomic mass is 10.0. The molecule has 1 nitrogen and oxygen atoms in total. The summed E-state index contributed by atoms with van der Waals surface area (Å²) >= 11 is 0. The summed E-state index contributed by atoms with van der Waals surface area (Å²) < 4.78 is 0. The van der Waals surface area contributed by atoms with Crippen LogP contribution in [-0.4, -0.2) is 11.7 Å². The summed E-state index contributed by atoms with van der Waals surface area (Å²) in [6, 6.07) is 8.30. The number of rotatable bonds is 3. The number of aryl methyl sites for hydroxylation is 1. The molecule has 0 saturated heterocycles. The van der Waals surface area contributed by atoms with Gasteiger partial charge in [0.2, 0.25) is 0 Å². The zero-order valence-electron chi connectivity index (χ0n) is 9.12. The van der Waals surface area contributed by atoms with Crippen LogP contribution in [0.3, 0.4) is 0 Å². The van der Waals surface area contributed by atoms with Crippen LogP contribution < -0.4 is 0 Å². The predicted octanol–water partition coefficient (Wildman–Crippen LogP) is 3.03. The second kappa shape index (κ2) is 4.97. The van der Waals surface area contributed by atoms with E-state index in [-0.39, 0.29) is 6.61 Å². The molecule has 1 aromatic carbocycles. The van der Waals surface area contributed by atoms with Crippen LogP contribution in [0.25, 0.3) is 6.08 Å². The van der Waals surface area contributed by atoms with Gasteiger partial charge in [-0.3, -0.25) is 0 Å². The molecule has 1 heteroatoms. The molecule has 0 aromatic heterocycles. The van der Waals surface area contributed by atoms with Crippen LogP contribution in [0.1, 0.15) is 25.0 Å². The molecule has 0 bridgehead atoms. The summed E-state index contributed by atoms with van der Waals surface area (Å²) in [6.07, 6.45) is 2.07. The van der Waals surface area contributed by atoms with Crippen molar-refractivity contribution in [3.63, 3.8) is 0 Å². The Labute approximate surface area is 86.1 Å². The van der Waals surface area contributed by atoms with Gasteiger partial charge in [0, 0.05) is 0 Å². The zero-order chi connectivity index (χ0) is 10.6. The van der Waals surface area contributed by atoms with Gasteiger partial charge >= 0.3 is 0 Å². The molecule has 0 radical (unpaired) electrons. The average molecular weight is 190 g/mol. The largest absolute Gasteiger partial charge is 0.392 e. The van der Waals surface area contributed by atoms with Crippen molar-refractivity contribution in [2.45, 2.75) is 20.8 Å². The van der Waals surface area contributed by atoms with Crippen LogP contribution in [0, 0.1) is 12.8 Å². The van der Waals surface area contributed by atoms with Gasteiger partial charge in [0.25, 0.3) is 0 Å². The molecule has 0 aliphatic heterocycles. The number of aliphatic hydroxyl groups is 1. The van der Waals surface area contributed by atoms with Crippen molar-refractivity contribution in [3.8, 4) is 0 Å². The molecule has 0 fully saturated rings. The smallest absolute Gasteiger partial charge is 0.0647 e. The van der Waals surface area contributed by atoms with Crippen molar-refractivity contribution >= 4 is 6.08 Å². The first-order chi connectivity index (χ1) is 6.63. The topological polar surface area (TPSA) is 20.2 Å². The monoisotopic (exact) mass is 190 g/mol. The van der Waals surface area contributed by atoms with Gasteiger partial charge in [0.15, 0.2) is 0 Å². The Balaban J connectivity index is 2.94. The Bertz CT molecular complexity index is 324. The number of aliphatic hydroxyl groups excluding tert-OH is 1. The van der Waals surface area contributed by atoms with E-state index in [1.807, 2.05) is 6.07 Å². The van der Waals surface area contributed by atoms with E-state index < -0.39 is 0 Å². The molecular weight excluding hydrogens is 172 g/mol. The minimum absolute atomic E-state index is 0.144. The van der Waals surface area contributed by atoms with Crippen LogP contribution >= 0.6 is 0 Å². The number of hydrogen-bond donors (Lipinski definition) is 1. The van der Waals surface area contributed by atoms with E-state index in [4.69, 9.17) is 5.11 Å². The third-order valence-corrected chi connectivity index (χ3v) is 2.32. The molecule has 1 N–H and O–H groups in total. The Morgan fingerprint density at radius 1 is 1.43 bits per heavy atom. The molecule has 76 valence electrons. The number of benzene rings is 1. The standard InChI is InChI=1S/C13H18O/c1-10(2)13(9-14)8-12-6-4-5-11(3)7-12/h4-8,10,14H,9H2,1-3H3. The minimum atomic E-state index is 0.144. The highest BCUT2D eigenvalue weighted by atomic mass is 16.3. The number of hydrogen-bond acceptors (Lipinski definition) is 1. The van der Waals surface area contributed by atoms with Crippen molar-refractivity contribution in [1.82, 2.24) is 0 Å². The first kappa shape index (κ1) is 11.0. The predicted molar refractivity (Wildman–Crippen MR) is 61.1 cm³/mol. The molecule has 0 amide bonds. The van der Waals surface area contributed by atoms with Crippen LogP contribution in [0.5, 0.6) is 0 Å². The van der Waals surface area contributed by atoms with Gasteiger partial charge in [-0.25, -0.2) is 0 Å². The third kappa shape index (κ3) is 3.00. The average Bonchev–Trinajstić information content (AvgIpc) is 2.14. The van der Waals surface area contributed by atoms with Gasteiger partial charge in [-0.2, -0.15) is 0 Å². The van der Waals surface area contributed by atoms with Gasteiger partial charge in [-0.15, -0.1) is 0 Å². The Hall–Kier alpha value is -1.08. The van der Waals surface area contributed by atoms with E-state index in [0.29, 0.717) is 5.92 Å². The maximum absolute atomic E-state index is 9.16. The quantitative estimate of drug-likeness (QED) is 0.776. The molecule has 0 aliphatic carbocycles. The molecule has 14 heavy (non-hydrogen) atoms. The molecule has 0 spiro atoms. The summed E-state index contributed by atoms with van der Waals surface area (Å²) in [5.41, 5.74) is 3.50. The first-order valence-corrected chi connectivity index (χ1v) is 5.01. The van der Waals surface area contributed by atoms with Gasteiger partial charge < -0.3 is 5.11 Å². The van der Waals surface area contributed by atoms with Gasteiger partial charge in [0.1, 0.15) is 0 Å². The maximum atomic E-state index is 9.16. The lowest BCUT2D eigenvalue weighted by Gasteiger charge is -2.08. The SMILES string of the molecule is Cc1cccc(C=C(CO)C(C)C)c1. The van der Waals surface area contributed by atoms with Crippen molar-refractivity contribution in [3.05, 3.63) is 41.0 Å². The van der Waals surface area contributed by atoms with Gasteiger partial charge in [-0.1, -0.05) is 49.8 Å². The summed E-state index contributed by atoms with van der Waals surface area (Å²) in [7, 11) is 0. The molecular formula is C13H18O. The highest BCUT2D eigenvalue weighted by Crippen LogP contribution is 2.14. The van der Waals surface area contributed by atoms with Crippen LogP contribution in [0.2, 0.25) is 0 Å². The summed E-state index contributed by atoms with van der Waals surface area (Å²) in [4.78, 5) is 0. The van der Waals surface area contributed by atoms with E-state index in [9.17, 15) is 0 Å². The lowest BCUT2D eigenvalue weighted by molar-refractivity contribution is 0.320. The summed E-state index contributed by atoms with van der Waals surface area (Å²) in [5.74, 6) is 0.403. The fourth-order valence-electron chi connectivity index (χ4n) is 1.37. The van der Waals surface area contributed by atoms with E-state index in [2.05, 4.69) is 45.0 Å². The normalized spacial score (nSPS) is 12.2. The van der Waals surface area contributed by atoms with Gasteiger partial charge in [0.05, 0.1) is 6.61 Å². The molecule has 1 rings (SSSR count). The van der Waals surface area contributed by atoms with E-state index in [0.717, 1.165) is 5.57 Å². The Kier molecular flexibility index (Phi) is 3.90. The Morgan fingerprint density at radius 2 is 2.14 bits per heavy atom. The molecule has 0 atom stereocenters. The summed E-state index contributed by atoms with van der Waals surface area (Å²) in [5, 5.41) is 9.16. The zero-order valence-corrected chi connectivity index (χ0v) is 9.12. The van der Waals surface area contributed by atoms with Crippen molar-refractivity contribution in [1.29, 1.82) is 0 Å². The molecule has 0 unspecified atom stereocenters. The second-order valence-electron chi connectivity index (χ2n) is 3.95. The lowest BCUT2D eigenvalue weighted by Crippen LogP contribution is -1.98. The minimum Gasteiger partial charge on any atom is -0.392 e. The van der Waals surface area contributed by atoms with Crippen LogP contribution in [0.15, 0.2) is 29.8 Å². The van der Waals surface area contributed by atoms with Crippen LogP contribution in [0.4, 0.5) is 0 Å². The third-order valence-electron chi connectivity index (χ3n) is 2.32. The molecule has 1 aromatic rings. The molecule has 0 aliphatic rings. The van der Waals surface area contributed by atoms with Crippen molar-refractivity contribution < 1.29 is 5.11 Å². The highest BCUT2D eigenvalue weighted by Gasteiger charge is 2.01. The van der Waals surface area contributed by atoms with E-state index >= 15 is 0 Å². The van der Waals surface area contributed by atoms with Crippen molar-refractivity contribution in [2.24, 2.45) is 5.92 Å². The van der Waals surface area contributed by atoms with Crippen LogP contribution in [-0.2, 0) is 0 Å². The summed E-state index contributed by atoms with van der Waals surface area (Å²) in [6.45, 7) is 6.41.